The summed E-state index contributed by atoms with van der Waals surface area (Å²) in [4.78, 5) is 3.96. The molecule has 0 fully saturated rings. The molecule has 1 heterocycles. The molecule has 5 heteroatoms. The smallest absolute Gasteiger partial charge is 0.128 e. The monoisotopic (exact) mass is 249 g/mol. The fraction of sp³-hybridized carbons (Fsp3) is 0.154. The molecule has 3 N–H and O–H groups in total. The van der Waals surface area contributed by atoms with E-state index in [9.17, 15) is 8.78 Å². The highest BCUT2D eigenvalue weighted by Gasteiger charge is 2.19. The molecule has 1 aromatic carbocycles. The number of pyridine rings is 1. The predicted octanol–water partition coefficient (Wildman–Crippen LogP) is 2.25. The Morgan fingerprint density at radius 3 is 2.67 bits per heavy atom. The van der Waals surface area contributed by atoms with Gasteiger partial charge in [-0.15, -0.1) is 0 Å². The SMILES string of the molecule is CNC(c1cnccc1N)c1cc(F)ccc1F. The number of nitrogens with two attached hydrogens (primary N) is 1. The van der Waals surface area contributed by atoms with Crippen LogP contribution in [-0.2, 0) is 0 Å². The van der Waals surface area contributed by atoms with Crippen LogP contribution in [0.4, 0.5) is 14.5 Å². The minimum atomic E-state index is -0.533. The van der Waals surface area contributed by atoms with Crippen LogP contribution in [0.25, 0.3) is 0 Å². The zero-order valence-corrected chi connectivity index (χ0v) is 9.82. The van der Waals surface area contributed by atoms with E-state index in [0.29, 0.717) is 11.3 Å². The number of anilines is 1. The number of aromatic nitrogens is 1. The van der Waals surface area contributed by atoms with E-state index in [1.54, 1.807) is 25.5 Å². The van der Waals surface area contributed by atoms with Crippen molar-refractivity contribution in [1.82, 2.24) is 10.3 Å². The third-order valence-electron chi connectivity index (χ3n) is 2.76. The molecule has 0 bridgehead atoms. The molecule has 1 aromatic heterocycles. The summed E-state index contributed by atoms with van der Waals surface area (Å²) in [6.07, 6.45) is 3.09. The maximum atomic E-state index is 13.8. The fourth-order valence-corrected chi connectivity index (χ4v) is 1.87. The average molecular weight is 249 g/mol. The quantitative estimate of drug-likeness (QED) is 0.877. The van der Waals surface area contributed by atoms with E-state index in [1.807, 2.05) is 0 Å². The van der Waals surface area contributed by atoms with Crippen LogP contribution in [0.3, 0.4) is 0 Å². The van der Waals surface area contributed by atoms with E-state index < -0.39 is 17.7 Å². The van der Waals surface area contributed by atoms with Crippen molar-refractivity contribution in [2.45, 2.75) is 6.04 Å². The molecular weight excluding hydrogens is 236 g/mol. The summed E-state index contributed by atoms with van der Waals surface area (Å²) in [5.41, 5.74) is 7.13. The second-order valence-corrected chi connectivity index (χ2v) is 3.89. The molecule has 3 nitrogen and oxygen atoms in total. The van der Waals surface area contributed by atoms with Gasteiger partial charge in [-0.2, -0.15) is 0 Å². The van der Waals surface area contributed by atoms with E-state index in [4.69, 9.17) is 5.73 Å². The molecule has 0 spiro atoms. The lowest BCUT2D eigenvalue weighted by atomic mass is 9.98. The van der Waals surface area contributed by atoms with Gasteiger partial charge in [-0.3, -0.25) is 4.98 Å². The highest BCUT2D eigenvalue weighted by Crippen LogP contribution is 2.27. The molecule has 0 saturated carbocycles. The van der Waals surface area contributed by atoms with Crippen LogP contribution < -0.4 is 11.1 Å². The number of benzene rings is 1. The van der Waals surface area contributed by atoms with Gasteiger partial charge in [-0.1, -0.05) is 0 Å². The van der Waals surface area contributed by atoms with Crippen LogP contribution in [0.15, 0.2) is 36.7 Å². The Bertz CT molecular complexity index is 558. The molecule has 94 valence electrons. The maximum absolute atomic E-state index is 13.8. The van der Waals surface area contributed by atoms with Gasteiger partial charge in [-0.25, -0.2) is 8.78 Å². The van der Waals surface area contributed by atoms with Crippen molar-refractivity contribution in [2.75, 3.05) is 12.8 Å². The molecule has 0 aliphatic carbocycles. The van der Waals surface area contributed by atoms with Crippen LogP contribution in [0, 0.1) is 11.6 Å². The van der Waals surface area contributed by atoms with Gasteiger partial charge < -0.3 is 11.1 Å². The van der Waals surface area contributed by atoms with Crippen molar-refractivity contribution in [3.63, 3.8) is 0 Å². The normalized spacial score (nSPS) is 12.4. The van der Waals surface area contributed by atoms with Crippen molar-refractivity contribution in [3.8, 4) is 0 Å². The van der Waals surface area contributed by atoms with Crippen molar-refractivity contribution >= 4 is 5.69 Å². The first-order chi connectivity index (χ1) is 8.63. The highest BCUT2D eigenvalue weighted by atomic mass is 19.1. The van der Waals surface area contributed by atoms with E-state index in [-0.39, 0.29) is 5.56 Å². The molecule has 2 rings (SSSR count). The number of rotatable bonds is 3. The topological polar surface area (TPSA) is 50.9 Å². The summed E-state index contributed by atoms with van der Waals surface area (Å²) in [6.45, 7) is 0. The van der Waals surface area contributed by atoms with Gasteiger partial charge in [0.2, 0.25) is 0 Å². The second-order valence-electron chi connectivity index (χ2n) is 3.89. The summed E-state index contributed by atoms with van der Waals surface area (Å²) in [5, 5.41) is 2.92. The lowest BCUT2D eigenvalue weighted by Crippen LogP contribution is -2.20. The van der Waals surface area contributed by atoms with E-state index >= 15 is 0 Å². The third kappa shape index (κ3) is 2.31. The molecule has 2 aromatic rings. The Balaban J connectivity index is 2.52. The number of nitrogens with zero attached hydrogens (tertiary/aromatic N) is 1. The lowest BCUT2D eigenvalue weighted by molar-refractivity contribution is 0.558. The molecular formula is C13H13F2N3. The fourth-order valence-electron chi connectivity index (χ4n) is 1.87. The van der Waals surface area contributed by atoms with Crippen LogP contribution in [0.1, 0.15) is 17.2 Å². The third-order valence-corrected chi connectivity index (χ3v) is 2.76. The largest absolute Gasteiger partial charge is 0.398 e. The van der Waals surface area contributed by atoms with Crippen molar-refractivity contribution in [2.24, 2.45) is 0 Å². The molecule has 0 amide bonds. The first-order valence-corrected chi connectivity index (χ1v) is 5.45. The minimum absolute atomic E-state index is 0.206. The number of nitrogens with one attached hydrogen (secondary N) is 1. The van der Waals surface area contributed by atoms with Crippen LogP contribution in [-0.4, -0.2) is 12.0 Å². The second kappa shape index (κ2) is 5.10. The Morgan fingerprint density at radius 1 is 1.22 bits per heavy atom. The zero-order valence-electron chi connectivity index (χ0n) is 9.82. The van der Waals surface area contributed by atoms with Gasteiger partial charge in [0.15, 0.2) is 0 Å². The zero-order chi connectivity index (χ0) is 13.1. The van der Waals surface area contributed by atoms with Gasteiger partial charge in [0.05, 0.1) is 6.04 Å². The summed E-state index contributed by atoms with van der Waals surface area (Å²) < 4.78 is 27.0. The minimum Gasteiger partial charge on any atom is -0.398 e. The number of nitrogen functional groups attached to an aromatic ring is 1. The van der Waals surface area contributed by atoms with Crippen LogP contribution in [0.2, 0.25) is 0 Å². The van der Waals surface area contributed by atoms with Gasteiger partial charge >= 0.3 is 0 Å². The predicted molar refractivity (Wildman–Crippen MR) is 65.9 cm³/mol. The molecule has 0 saturated heterocycles. The number of hydrogen-bond donors (Lipinski definition) is 2. The van der Waals surface area contributed by atoms with Gasteiger partial charge in [0.1, 0.15) is 11.6 Å². The van der Waals surface area contributed by atoms with Gasteiger partial charge in [0, 0.05) is 29.2 Å². The van der Waals surface area contributed by atoms with Gasteiger partial charge in [0.25, 0.3) is 0 Å². The lowest BCUT2D eigenvalue weighted by Gasteiger charge is -2.19. The average Bonchev–Trinajstić information content (AvgIpc) is 2.36. The molecule has 0 aliphatic heterocycles. The Morgan fingerprint density at radius 2 is 2.00 bits per heavy atom. The summed E-state index contributed by atoms with van der Waals surface area (Å²) in [5.74, 6) is -0.979. The Labute approximate surface area is 104 Å². The van der Waals surface area contributed by atoms with Crippen molar-refractivity contribution in [1.29, 1.82) is 0 Å². The molecule has 1 atom stereocenters. The Kier molecular flexibility index (Phi) is 3.53. The number of halogens is 2. The van der Waals surface area contributed by atoms with Crippen molar-refractivity contribution in [3.05, 3.63) is 59.4 Å². The first kappa shape index (κ1) is 12.4. The maximum Gasteiger partial charge on any atom is 0.128 e. The van der Waals surface area contributed by atoms with Crippen molar-refractivity contribution < 1.29 is 8.78 Å². The Hall–Kier alpha value is -2.01. The molecule has 0 aliphatic rings. The molecule has 0 radical (unpaired) electrons. The van der Waals surface area contributed by atoms with Crippen LogP contribution >= 0.6 is 0 Å². The van der Waals surface area contributed by atoms with Crippen LogP contribution in [0.5, 0.6) is 0 Å². The molecule has 18 heavy (non-hydrogen) atoms. The van der Waals surface area contributed by atoms with E-state index in [2.05, 4.69) is 10.3 Å². The van der Waals surface area contributed by atoms with E-state index in [0.717, 1.165) is 18.2 Å². The highest BCUT2D eigenvalue weighted by molar-refractivity contribution is 5.49. The summed E-state index contributed by atoms with van der Waals surface area (Å²) in [7, 11) is 1.65. The first-order valence-electron chi connectivity index (χ1n) is 5.45. The number of hydrogen-bond acceptors (Lipinski definition) is 3. The molecule has 1 unspecified atom stereocenters. The standard InChI is InChI=1S/C13H13F2N3/c1-17-13(10-7-18-5-4-12(10)16)9-6-8(14)2-3-11(9)15/h2-7,13,17H,1H3,(H2,16,18). The van der Waals surface area contributed by atoms with Gasteiger partial charge in [-0.05, 0) is 31.3 Å². The van der Waals surface area contributed by atoms with E-state index in [1.165, 1.54) is 0 Å². The summed E-state index contributed by atoms with van der Waals surface area (Å²) in [6, 6.07) is 4.42. The summed E-state index contributed by atoms with van der Waals surface area (Å²) >= 11 is 0.